The van der Waals surface area contributed by atoms with Gasteiger partial charge in [-0.3, -0.25) is 9.59 Å². The number of rotatable bonds is 28. The maximum absolute atomic E-state index is 12.1. The SMILES string of the molecule is CCCCCCCCCCCCCCCC(=O)OC[C@H](NC(=O)CCCCCCCCCCC)C(=O)[O-].[Na+]. The molecule has 0 radical (unpaired) electrons. The average molecular weight is 548 g/mol. The Morgan fingerprint density at radius 1 is 0.579 bits per heavy atom. The summed E-state index contributed by atoms with van der Waals surface area (Å²) in [6, 6.07) is -1.29. The van der Waals surface area contributed by atoms with Crippen LogP contribution in [0.3, 0.4) is 0 Å². The molecule has 0 aliphatic rings. The van der Waals surface area contributed by atoms with E-state index in [0.717, 1.165) is 38.5 Å². The number of aliphatic carboxylic acids is 1. The van der Waals surface area contributed by atoms with Crippen LogP contribution in [0.25, 0.3) is 0 Å². The van der Waals surface area contributed by atoms with E-state index in [2.05, 4.69) is 19.2 Å². The topological polar surface area (TPSA) is 95.5 Å². The molecule has 7 heteroatoms. The Morgan fingerprint density at radius 3 is 1.29 bits per heavy atom. The molecular weight excluding hydrogens is 489 g/mol. The summed E-state index contributed by atoms with van der Waals surface area (Å²) >= 11 is 0. The maximum atomic E-state index is 12.1. The van der Waals surface area contributed by atoms with E-state index < -0.39 is 18.0 Å². The van der Waals surface area contributed by atoms with Gasteiger partial charge >= 0.3 is 35.5 Å². The average Bonchev–Trinajstić information content (AvgIpc) is 2.88. The fourth-order valence-corrected chi connectivity index (χ4v) is 4.57. The molecule has 38 heavy (non-hydrogen) atoms. The predicted molar refractivity (Wildman–Crippen MR) is 150 cm³/mol. The van der Waals surface area contributed by atoms with Crippen molar-refractivity contribution in [1.29, 1.82) is 0 Å². The molecule has 0 aliphatic heterocycles. The van der Waals surface area contributed by atoms with Crippen molar-refractivity contribution in [1.82, 2.24) is 5.32 Å². The first kappa shape index (κ1) is 39.6. The minimum absolute atomic E-state index is 0. The van der Waals surface area contributed by atoms with Gasteiger partial charge in [0.05, 0.1) is 5.97 Å². The van der Waals surface area contributed by atoms with E-state index in [9.17, 15) is 19.5 Å². The third-order valence-corrected chi connectivity index (χ3v) is 7.02. The molecule has 0 saturated carbocycles. The molecule has 1 N–H and O–H groups in total. The van der Waals surface area contributed by atoms with Gasteiger partial charge in [0.1, 0.15) is 12.6 Å². The van der Waals surface area contributed by atoms with E-state index >= 15 is 0 Å². The van der Waals surface area contributed by atoms with Gasteiger partial charge in [0, 0.05) is 12.8 Å². The van der Waals surface area contributed by atoms with Crippen LogP contribution in [0, 0.1) is 0 Å². The van der Waals surface area contributed by atoms with Crippen molar-refractivity contribution in [3.63, 3.8) is 0 Å². The van der Waals surface area contributed by atoms with Crippen molar-refractivity contribution in [3.8, 4) is 0 Å². The predicted octanol–water partition coefficient (Wildman–Crippen LogP) is 4.17. The van der Waals surface area contributed by atoms with Crippen molar-refractivity contribution >= 4 is 17.8 Å². The minimum atomic E-state index is -1.42. The van der Waals surface area contributed by atoms with Crippen LogP contribution < -0.4 is 40.0 Å². The van der Waals surface area contributed by atoms with Crippen molar-refractivity contribution < 1.29 is 53.8 Å². The number of unbranched alkanes of at least 4 members (excludes halogenated alkanes) is 20. The second-order valence-corrected chi connectivity index (χ2v) is 10.7. The molecular formula is C31H58NNaO5. The second-order valence-electron chi connectivity index (χ2n) is 10.7. The van der Waals surface area contributed by atoms with Gasteiger partial charge < -0.3 is 20.0 Å². The summed E-state index contributed by atoms with van der Waals surface area (Å²) in [6.07, 6.45) is 27.0. The first-order valence-corrected chi connectivity index (χ1v) is 15.7. The van der Waals surface area contributed by atoms with Gasteiger partial charge in [-0.25, -0.2) is 0 Å². The van der Waals surface area contributed by atoms with Crippen LogP contribution in [-0.2, 0) is 19.1 Å². The van der Waals surface area contributed by atoms with Gasteiger partial charge in [-0.2, -0.15) is 0 Å². The summed E-state index contributed by atoms with van der Waals surface area (Å²) in [6.45, 7) is 4.08. The fraction of sp³-hybridized carbons (Fsp3) is 0.903. The Labute approximate surface area is 256 Å². The molecule has 0 aliphatic carbocycles. The number of nitrogens with one attached hydrogen (secondary N) is 1. The smallest absolute Gasteiger partial charge is 0.548 e. The molecule has 0 bridgehead atoms. The Hall–Kier alpha value is -0.590. The molecule has 1 amide bonds. The molecule has 0 fully saturated rings. The van der Waals surface area contributed by atoms with Crippen molar-refractivity contribution in [3.05, 3.63) is 0 Å². The number of carbonyl (C=O) groups is 3. The van der Waals surface area contributed by atoms with Gasteiger partial charge in [0.15, 0.2) is 0 Å². The molecule has 6 nitrogen and oxygen atoms in total. The molecule has 1 atom stereocenters. The van der Waals surface area contributed by atoms with E-state index in [1.807, 2.05) is 0 Å². The maximum Gasteiger partial charge on any atom is 1.00 e. The van der Waals surface area contributed by atoms with E-state index in [1.54, 1.807) is 0 Å². The zero-order chi connectivity index (χ0) is 27.4. The Balaban J connectivity index is 0. The van der Waals surface area contributed by atoms with Crippen LogP contribution in [-0.4, -0.2) is 30.5 Å². The van der Waals surface area contributed by atoms with E-state index in [1.165, 1.54) is 103 Å². The van der Waals surface area contributed by atoms with Crippen LogP contribution in [0.2, 0.25) is 0 Å². The molecule has 0 aromatic rings. The number of hydrogen-bond acceptors (Lipinski definition) is 5. The Morgan fingerprint density at radius 2 is 0.921 bits per heavy atom. The number of amides is 1. The molecule has 0 rings (SSSR count). The number of carboxylic acids is 1. The molecule has 0 aromatic carbocycles. The molecule has 218 valence electrons. The third kappa shape index (κ3) is 28.4. The molecule has 0 heterocycles. The summed E-state index contributed by atoms with van der Waals surface area (Å²) in [4.78, 5) is 35.4. The van der Waals surface area contributed by atoms with E-state index in [-0.39, 0.29) is 54.9 Å². The van der Waals surface area contributed by atoms with Crippen LogP contribution in [0.15, 0.2) is 0 Å². The molecule has 0 aromatic heterocycles. The number of esters is 1. The fourth-order valence-electron chi connectivity index (χ4n) is 4.57. The van der Waals surface area contributed by atoms with Crippen LogP contribution in [0.1, 0.15) is 168 Å². The van der Waals surface area contributed by atoms with Gasteiger partial charge in [-0.05, 0) is 12.8 Å². The Bertz CT molecular complexity index is 558. The second kappa shape index (κ2) is 30.9. The van der Waals surface area contributed by atoms with Gasteiger partial charge in [-0.1, -0.05) is 142 Å². The van der Waals surface area contributed by atoms with Crippen molar-refractivity contribution in [2.75, 3.05) is 6.61 Å². The number of carbonyl (C=O) groups excluding carboxylic acids is 3. The van der Waals surface area contributed by atoms with Crippen molar-refractivity contribution in [2.45, 2.75) is 174 Å². The summed E-state index contributed by atoms with van der Waals surface area (Å²) < 4.78 is 5.10. The first-order chi connectivity index (χ1) is 18.0. The monoisotopic (exact) mass is 547 g/mol. The molecule has 0 spiro atoms. The zero-order valence-electron chi connectivity index (χ0n) is 25.3. The summed E-state index contributed by atoms with van der Waals surface area (Å²) in [5.41, 5.74) is 0. The normalized spacial score (nSPS) is 11.5. The first-order valence-electron chi connectivity index (χ1n) is 15.7. The van der Waals surface area contributed by atoms with Crippen LogP contribution in [0.4, 0.5) is 0 Å². The largest absolute Gasteiger partial charge is 1.00 e. The number of ether oxygens (including phenoxy) is 1. The van der Waals surface area contributed by atoms with Gasteiger partial charge in [-0.15, -0.1) is 0 Å². The zero-order valence-corrected chi connectivity index (χ0v) is 27.3. The summed E-state index contributed by atoms with van der Waals surface area (Å²) in [5.74, 6) is -2.17. The van der Waals surface area contributed by atoms with Crippen molar-refractivity contribution in [2.24, 2.45) is 0 Å². The van der Waals surface area contributed by atoms with Crippen LogP contribution >= 0.6 is 0 Å². The number of carboxylic acid groups (broad SMARTS) is 1. The van der Waals surface area contributed by atoms with Gasteiger partial charge in [0.25, 0.3) is 0 Å². The van der Waals surface area contributed by atoms with Crippen LogP contribution in [0.5, 0.6) is 0 Å². The standard InChI is InChI=1S/C31H59NO5.Na/c1-3-5-7-9-11-13-14-15-16-18-20-22-24-26-30(34)37-27-28(31(35)36)32-29(33)25-23-21-19-17-12-10-8-6-4-2;/h28H,3-27H2,1-2H3,(H,32,33)(H,35,36);/q;+1/p-1/t28-;/m0./s1. The third-order valence-electron chi connectivity index (χ3n) is 7.02. The van der Waals surface area contributed by atoms with Gasteiger partial charge in [0.2, 0.25) is 5.91 Å². The molecule has 0 unspecified atom stereocenters. The van der Waals surface area contributed by atoms with E-state index in [4.69, 9.17) is 4.74 Å². The van der Waals surface area contributed by atoms with E-state index in [0.29, 0.717) is 0 Å². The summed E-state index contributed by atoms with van der Waals surface area (Å²) in [7, 11) is 0. The quantitative estimate of drug-likeness (QED) is 0.0901. The summed E-state index contributed by atoms with van der Waals surface area (Å²) in [5, 5.41) is 13.8. The number of hydrogen-bond donors (Lipinski definition) is 1. The minimum Gasteiger partial charge on any atom is -0.548 e. The Kier molecular flexibility index (Phi) is 32.2. The molecule has 0 saturated heterocycles.